The molecule has 0 nitrogen and oxygen atoms in total. The fourth-order valence-electron chi connectivity index (χ4n) is 1.55. The molecule has 0 saturated heterocycles. The van der Waals surface area contributed by atoms with E-state index < -0.39 is 5.92 Å². The molecule has 0 aromatic heterocycles. The van der Waals surface area contributed by atoms with E-state index >= 15 is 0 Å². The highest BCUT2D eigenvalue weighted by Gasteiger charge is 2.24. The summed E-state index contributed by atoms with van der Waals surface area (Å²) in [4.78, 5) is 0. The second-order valence-corrected chi connectivity index (χ2v) is 3.75. The van der Waals surface area contributed by atoms with E-state index in [-0.39, 0.29) is 5.56 Å². The van der Waals surface area contributed by atoms with Crippen LogP contribution in [0.1, 0.15) is 31.4 Å². The molecule has 0 aliphatic heterocycles. The monoisotopic (exact) mass is 222 g/mol. The van der Waals surface area contributed by atoms with Gasteiger partial charge in [0.1, 0.15) is 0 Å². The van der Waals surface area contributed by atoms with Crippen molar-refractivity contribution in [2.24, 2.45) is 0 Å². The highest BCUT2D eigenvalue weighted by Crippen LogP contribution is 2.29. The molecule has 16 heavy (non-hydrogen) atoms. The van der Waals surface area contributed by atoms with Crippen LogP contribution in [-0.2, 0) is 5.92 Å². The first-order chi connectivity index (χ1) is 7.49. The number of hydrogen-bond acceptors (Lipinski definition) is 0. The van der Waals surface area contributed by atoms with E-state index in [0.29, 0.717) is 0 Å². The Morgan fingerprint density at radius 3 is 2.62 bits per heavy atom. The Labute approximate surface area is 95.3 Å². The lowest BCUT2D eigenvalue weighted by atomic mass is 9.99. The lowest BCUT2D eigenvalue weighted by Gasteiger charge is -2.12. The van der Waals surface area contributed by atoms with Crippen LogP contribution >= 0.6 is 0 Å². The Kier molecular flexibility index (Phi) is 3.99. The summed E-state index contributed by atoms with van der Waals surface area (Å²) < 4.78 is 26.3. The number of hydrogen-bond donors (Lipinski definition) is 0. The van der Waals surface area contributed by atoms with Crippen LogP contribution in [0.4, 0.5) is 8.78 Å². The summed E-state index contributed by atoms with van der Waals surface area (Å²) >= 11 is 0. The third-order valence-corrected chi connectivity index (χ3v) is 2.44. The first-order valence-corrected chi connectivity index (χ1v) is 5.29. The average molecular weight is 222 g/mol. The minimum Gasteiger partial charge on any atom is -0.202 e. The minimum absolute atomic E-state index is 0.0495. The van der Waals surface area contributed by atoms with Crippen LogP contribution in [0.3, 0.4) is 0 Å². The fourth-order valence-corrected chi connectivity index (χ4v) is 1.55. The van der Waals surface area contributed by atoms with Crippen molar-refractivity contribution in [3.8, 4) is 0 Å². The fraction of sp³-hybridized carbons (Fsp3) is 0.286. The minimum atomic E-state index is -2.79. The van der Waals surface area contributed by atoms with Gasteiger partial charge in [0.25, 0.3) is 5.92 Å². The molecule has 0 heterocycles. The van der Waals surface area contributed by atoms with Crippen LogP contribution in [0.2, 0.25) is 0 Å². The van der Waals surface area contributed by atoms with Gasteiger partial charge in [0, 0.05) is 12.5 Å². The molecule has 0 aliphatic rings. The van der Waals surface area contributed by atoms with E-state index in [0.717, 1.165) is 24.5 Å². The van der Waals surface area contributed by atoms with E-state index in [2.05, 4.69) is 6.58 Å². The summed E-state index contributed by atoms with van der Waals surface area (Å²) in [7, 11) is 0. The van der Waals surface area contributed by atoms with Crippen molar-refractivity contribution < 1.29 is 8.78 Å². The van der Waals surface area contributed by atoms with E-state index in [4.69, 9.17) is 0 Å². The zero-order valence-electron chi connectivity index (χ0n) is 9.63. The predicted molar refractivity (Wildman–Crippen MR) is 64.5 cm³/mol. The van der Waals surface area contributed by atoms with Gasteiger partial charge in [-0.05, 0) is 23.6 Å². The molecule has 2 heteroatoms. The van der Waals surface area contributed by atoms with Gasteiger partial charge in [0.15, 0.2) is 0 Å². The number of halogens is 2. The number of allylic oxidation sites excluding steroid dienone is 3. The Hall–Kier alpha value is -1.44. The maximum Gasteiger partial charge on any atom is 0.270 e. The number of alkyl halides is 2. The molecule has 0 N–H and O–H groups in total. The summed E-state index contributed by atoms with van der Waals surface area (Å²) in [5.74, 6) is -2.79. The van der Waals surface area contributed by atoms with Crippen molar-refractivity contribution in [3.05, 3.63) is 54.1 Å². The lowest BCUT2D eigenvalue weighted by molar-refractivity contribution is 0.0174. The van der Waals surface area contributed by atoms with Gasteiger partial charge in [-0.2, -0.15) is 0 Å². The Bertz CT molecular complexity index is 397. The summed E-state index contributed by atoms with van der Waals surface area (Å²) in [6, 6.07) is 6.49. The third kappa shape index (κ3) is 3.02. The number of benzene rings is 1. The van der Waals surface area contributed by atoms with Gasteiger partial charge in [-0.3, -0.25) is 0 Å². The Morgan fingerprint density at radius 2 is 2.12 bits per heavy atom. The molecule has 1 rings (SSSR count). The molecule has 0 bridgehead atoms. The van der Waals surface area contributed by atoms with E-state index in [1.165, 1.54) is 6.07 Å². The van der Waals surface area contributed by atoms with E-state index in [1.54, 1.807) is 18.2 Å². The Balaban J connectivity index is 3.16. The van der Waals surface area contributed by atoms with Crippen molar-refractivity contribution in [2.45, 2.75) is 26.2 Å². The first kappa shape index (κ1) is 12.6. The molecule has 0 atom stereocenters. The van der Waals surface area contributed by atoms with Gasteiger partial charge in [-0.25, -0.2) is 8.78 Å². The maximum absolute atomic E-state index is 13.1. The van der Waals surface area contributed by atoms with Gasteiger partial charge in [-0.1, -0.05) is 43.9 Å². The second kappa shape index (κ2) is 5.06. The SMILES string of the molecule is C=C/C=C(\CC)c1cccc(C(C)(F)F)c1. The van der Waals surface area contributed by atoms with Crippen molar-refractivity contribution in [1.82, 2.24) is 0 Å². The van der Waals surface area contributed by atoms with Crippen LogP contribution in [0.5, 0.6) is 0 Å². The van der Waals surface area contributed by atoms with Crippen molar-refractivity contribution in [1.29, 1.82) is 0 Å². The third-order valence-electron chi connectivity index (χ3n) is 2.44. The highest BCUT2D eigenvalue weighted by atomic mass is 19.3. The van der Waals surface area contributed by atoms with E-state index in [9.17, 15) is 8.78 Å². The molecule has 0 fully saturated rings. The molecule has 1 aromatic carbocycles. The van der Waals surface area contributed by atoms with Crippen LogP contribution in [0, 0.1) is 0 Å². The molecule has 0 amide bonds. The van der Waals surface area contributed by atoms with Gasteiger partial charge in [0.05, 0.1) is 0 Å². The Morgan fingerprint density at radius 1 is 1.44 bits per heavy atom. The normalized spacial score (nSPS) is 12.6. The highest BCUT2D eigenvalue weighted by molar-refractivity contribution is 5.67. The molecule has 86 valence electrons. The second-order valence-electron chi connectivity index (χ2n) is 3.75. The van der Waals surface area contributed by atoms with Crippen LogP contribution in [-0.4, -0.2) is 0 Å². The average Bonchev–Trinajstić information content (AvgIpc) is 2.25. The lowest BCUT2D eigenvalue weighted by Crippen LogP contribution is -2.07. The topological polar surface area (TPSA) is 0 Å². The smallest absolute Gasteiger partial charge is 0.202 e. The molecule has 1 aromatic rings. The van der Waals surface area contributed by atoms with Gasteiger partial charge >= 0.3 is 0 Å². The quantitative estimate of drug-likeness (QED) is 0.643. The summed E-state index contributed by atoms with van der Waals surface area (Å²) in [5.41, 5.74) is 1.90. The number of rotatable bonds is 4. The zero-order chi connectivity index (χ0) is 12.2. The predicted octanol–water partition coefficient (Wildman–Crippen LogP) is 4.78. The van der Waals surface area contributed by atoms with Crippen molar-refractivity contribution in [2.75, 3.05) is 0 Å². The molecule has 0 saturated carbocycles. The molecular formula is C14H16F2. The standard InChI is InChI=1S/C14H16F2/c1-4-7-11(5-2)12-8-6-9-13(10-12)14(3,15)16/h4,6-10H,1,5H2,2-3H3/b11-7+. The zero-order valence-corrected chi connectivity index (χ0v) is 9.63. The van der Waals surface area contributed by atoms with E-state index in [1.807, 2.05) is 19.1 Å². The molecule has 0 aliphatic carbocycles. The van der Waals surface area contributed by atoms with Crippen LogP contribution < -0.4 is 0 Å². The summed E-state index contributed by atoms with van der Waals surface area (Å²) in [6.07, 6.45) is 4.33. The first-order valence-electron chi connectivity index (χ1n) is 5.29. The molecule has 0 spiro atoms. The van der Waals surface area contributed by atoms with Crippen LogP contribution in [0.25, 0.3) is 5.57 Å². The van der Waals surface area contributed by atoms with Gasteiger partial charge in [0.2, 0.25) is 0 Å². The van der Waals surface area contributed by atoms with Gasteiger partial charge in [-0.15, -0.1) is 0 Å². The van der Waals surface area contributed by atoms with Crippen molar-refractivity contribution in [3.63, 3.8) is 0 Å². The van der Waals surface area contributed by atoms with Gasteiger partial charge < -0.3 is 0 Å². The maximum atomic E-state index is 13.1. The largest absolute Gasteiger partial charge is 0.270 e. The molecule has 0 radical (unpaired) electrons. The van der Waals surface area contributed by atoms with Crippen LogP contribution in [0.15, 0.2) is 43.0 Å². The molecule has 0 unspecified atom stereocenters. The summed E-state index contributed by atoms with van der Waals surface area (Å²) in [6.45, 7) is 6.52. The summed E-state index contributed by atoms with van der Waals surface area (Å²) in [5, 5.41) is 0. The van der Waals surface area contributed by atoms with Crippen molar-refractivity contribution >= 4 is 5.57 Å². The molecular weight excluding hydrogens is 206 g/mol.